The number of benzene rings is 2. The van der Waals surface area contributed by atoms with Crippen molar-refractivity contribution in [3.05, 3.63) is 59.8 Å². The van der Waals surface area contributed by atoms with Crippen LogP contribution in [0.15, 0.2) is 53.4 Å². The van der Waals surface area contributed by atoms with Gasteiger partial charge in [-0.15, -0.1) is 0 Å². The van der Waals surface area contributed by atoms with Crippen LogP contribution in [0.5, 0.6) is 0 Å². The normalized spacial score (nSPS) is 12.3. The van der Waals surface area contributed by atoms with Gasteiger partial charge in [-0.2, -0.15) is 13.2 Å². The molecule has 0 saturated heterocycles. The van der Waals surface area contributed by atoms with E-state index in [0.717, 1.165) is 23.0 Å². The number of hydrogen-bond donors (Lipinski definition) is 3. The lowest BCUT2D eigenvalue weighted by Gasteiger charge is -2.10. The first-order chi connectivity index (χ1) is 13.1. The summed E-state index contributed by atoms with van der Waals surface area (Å²) in [6, 6.07) is 12.1. The van der Waals surface area contributed by atoms with Gasteiger partial charge in [-0.3, -0.25) is 4.79 Å². The number of hydrogen-bond acceptors (Lipinski definition) is 3. The summed E-state index contributed by atoms with van der Waals surface area (Å²) in [5.74, 6) is -0.388. The Morgan fingerprint density at radius 3 is 2.36 bits per heavy atom. The van der Waals surface area contributed by atoms with Crippen LogP contribution in [0.3, 0.4) is 0 Å². The Morgan fingerprint density at radius 2 is 1.71 bits per heavy atom. The van der Waals surface area contributed by atoms with Crippen molar-refractivity contribution in [3.8, 4) is 0 Å². The molecular formula is C18H16F3N3O3S. The van der Waals surface area contributed by atoms with Crippen LogP contribution in [0, 0.1) is 6.92 Å². The number of alkyl halides is 3. The third kappa shape index (κ3) is 4.34. The number of carbonyl (C=O) groups is 1. The SMILES string of the molecule is Cc1[nH]c2ccccc2c1C(=O)Nc1ccc(S(=O)(=O)NCC(F)(F)F)cc1. The molecule has 0 atom stereocenters. The number of nitrogens with one attached hydrogen (secondary N) is 3. The average Bonchev–Trinajstić information content (AvgIpc) is 2.96. The van der Waals surface area contributed by atoms with Crippen LogP contribution in [0.25, 0.3) is 10.9 Å². The first kappa shape index (κ1) is 19.9. The largest absolute Gasteiger partial charge is 0.402 e. The number of H-pyrrole nitrogens is 1. The van der Waals surface area contributed by atoms with E-state index in [-0.39, 0.29) is 10.8 Å². The third-order valence-corrected chi connectivity index (χ3v) is 5.42. The Bertz CT molecular complexity index is 1120. The summed E-state index contributed by atoms with van der Waals surface area (Å²) >= 11 is 0. The Labute approximate surface area is 158 Å². The van der Waals surface area contributed by atoms with Crippen LogP contribution in [0.2, 0.25) is 0 Å². The van der Waals surface area contributed by atoms with Gasteiger partial charge in [0.15, 0.2) is 0 Å². The summed E-state index contributed by atoms with van der Waals surface area (Å²) in [7, 11) is -4.31. The predicted molar refractivity (Wildman–Crippen MR) is 98.7 cm³/mol. The second-order valence-corrected chi connectivity index (χ2v) is 7.86. The zero-order valence-electron chi connectivity index (χ0n) is 14.6. The van der Waals surface area contributed by atoms with Crippen molar-refractivity contribution < 1.29 is 26.4 Å². The Hall–Kier alpha value is -2.85. The fraction of sp³-hybridized carbons (Fsp3) is 0.167. The van der Waals surface area contributed by atoms with Gasteiger partial charge in [0.1, 0.15) is 6.54 Å². The lowest BCUT2D eigenvalue weighted by Crippen LogP contribution is -2.33. The highest BCUT2D eigenvalue weighted by molar-refractivity contribution is 7.89. The second kappa shape index (κ2) is 7.28. The van der Waals surface area contributed by atoms with Gasteiger partial charge in [0.2, 0.25) is 10.0 Å². The smallest absolute Gasteiger partial charge is 0.358 e. The van der Waals surface area contributed by atoms with E-state index in [1.54, 1.807) is 19.1 Å². The van der Waals surface area contributed by atoms with Gasteiger partial charge < -0.3 is 10.3 Å². The van der Waals surface area contributed by atoms with Crippen LogP contribution >= 0.6 is 0 Å². The van der Waals surface area contributed by atoms with E-state index in [1.807, 2.05) is 12.1 Å². The number of rotatable bonds is 5. The van der Waals surface area contributed by atoms with Crippen molar-refractivity contribution in [2.24, 2.45) is 0 Å². The standard InChI is InChI=1S/C18H16F3N3O3S/c1-11-16(14-4-2-3-5-15(14)23-11)17(25)24-12-6-8-13(9-7-12)28(26,27)22-10-18(19,20)21/h2-9,22-23H,10H2,1H3,(H,24,25). The average molecular weight is 411 g/mol. The van der Waals surface area contributed by atoms with Crippen LogP contribution in [0.1, 0.15) is 16.1 Å². The minimum absolute atomic E-state index is 0.310. The number of carbonyl (C=O) groups excluding carboxylic acids is 1. The summed E-state index contributed by atoms with van der Waals surface area (Å²) in [6.45, 7) is 0.102. The van der Waals surface area contributed by atoms with Gasteiger partial charge in [0.05, 0.1) is 10.5 Å². The number of halogens is 3. The zero-order chi connectivity index (χ0) is 20.5. The van der Waals surface area contributed by atoms with Crippen molar-refractivity contribution in [2.45, 2.75) is 18.0 Å². The highest BCUT2D eigenvalue weighted by atomic mass is 32.2. The molecule has 3 rings (SSSR count). The van der Waals surface area contributed by atoms with E-state index in [2.05, 4.69) is 10.3 Å². The summed E-state index contributed by atoms with van der Waals surface area (Å²) in [4.78, 5) is 15.4. The molecule has 0 radical (unpaired) electrons. The molecule has 1 heterocycles. The molecule has 2 aromatic carbocycles. The summed E-state index contributed by atoms with van der Waals surface area (Å²) in [5, 5.41) is 3.40. The lowest BCUT2D eigenvalue weighted by atomic mass is 10.1. The highest BCUT2D eigenvalue weighted by Crippen LogP contribution is 2.23. The Morgan fingerprint density at radius 1 is 1.07 bits per heavy atom. The monoisotopic (exact) mass is 411 g/mol. The molecule has 0 fully saturated rings. The first-order valence-electron chi connectivity index (χ1n) is 8.12. The molecule has 0 saturated carbocycles. The minimum atomic E-state index is -4.65. The fourth-order valence-electron chi connectivity index (χ4n) is 2.74. The molecule has 0 spiro atoms. The van der Waals surface area contributed by atoms with E-state index in [1.165, 1.54) is 16.9 Å². The molecule has 148 valence electrons. The maximum Gasteiger partial charge on any atom is 0.402 e. The minimum Gasteiger partial charge on any atom is -0.358 e. The summed E-state index contributed by atoms with van der Waals surface area (Å²) < 4.78 is 61.9. The first-order valence-corrected chi connectivity index (χ1v) is 9.60. The van der Waals surface area contributed by atoms with Gasteiger partial charge in [0.25, 0.3) is 5.91 Å². The van der Waals surface area contributed by atoms with Gasteiger partial charge in [-0.1, -0.05) is 18.2 Å². The number of fused-ring (bicyclic) bond motifs is 1. The zero-order valence-corrected chi connectivity index (χ0v) is 15.4. The van der Waals surface area contributed by atoms with Crippen LogP contribution in [-0.2, 0) is 10.0 Å². The maximum absolute atomic E-state index is 12.6. The van der Waals surface area contributed by atoms with Crippen LogP contribution in [-0.4, -0.2) is 32.0 Å². The third-order valence-electron chi connectivity index (χ3n) is 4.01. The highest BCUT2D eigenvalue weighted by Gasteiger charge is 2.30. The summed E-state index contributed by atoms with van der Waals surface area (Å²) in [6.07, 6.45) is -4.65. The molecule has 0 aliphatic heterocycles. The van der Waals surface area contributed by atoms with E-state index < -0.39 is 22.7 Å². The van der Waals surface area contributed by atoms with Crippen LogP contribution < -0.4 is 10.0 Å². The number of aromatic amines is 1. The van der Waals surface area contributed by atoms with Crippen molar-refractivity contribution in [1.82, 2.24) is 9.71 Å². The van der Waals surface area contributed by atoms with E-state index in [4.69, 9.17) is 0 Å². The van der Waals surface area contributed by atoms with E-state index in [9.17, 15) is 26.4 Å². The molecular weight excluding hydrogens is 395 g/mol. The molecule has 0 aliphatic carbocycles. The van der Waals surface area contributed by atoms with Gasteiger partial charge in [-0.25, -0.2) is 13.1 Å². The molecule has 6 nitrogen and oxygen atoms in total. The van der Waals surface area contributed by atoms with Gasteiger partial charge in [0, 0.05) is 22.3 Å². The lowest BCUT2D eigenvalue weighted by molar-refractivity contribution is -0.121. The molecule has 1 aromatic heterocycles. The molecule has 28 heavy (non-hydrogen) atoms. The fourth-order valence-corrected chi connectivity index (χ4v) is 3.76. The van der Waals surface area contributed by atoms with Gasteiger partial charge in [-0.05, 0) is 37.3 Å². The second-order valence-electron chi connectivity index (χ2n) is 6.09. The Balaban J connectivity index is 1.77. The van der Waals surface area contributed by atoms with Crippen LogP contribution in [0.4, 0.5) is 18.9 Å². The topological polar surface area (TPSA) is 91.1 Å². The quantitative estimate of drug-likeness (QED) is 0.600. The number of aryl methyl sites for hydroxylation is 1. The molecule has 3 N–H and O–H groups in total. The van der Waals surface area contributed by atoms with E-state index >= 15 is 0 Å². The number of para-hydroxylation sites is 1. The van der Waals surface area contributed by atoms with Crippen molar-refractivity contribution in [2.75, 3.05) is 11.9 Å². The number of amides is 1. The number of anilines is 1. The molecule has 10 heteroatoms. The molecule has 0 bridgehead atoms. The van der Waals surface area contributed by atoms with Gasteiger partial charge >= 0.3 is 6.18 Å². The molecule has 0 aliphatic rings. The molecule has 3 aromatic rings. The Kier molecular flexibility index (Phi) is 5.18. The van der Waals surface area contributed by atoms with Crippen molar-refractivity contribution in [1.29, 1.82) is 0 Å². The van der Waals surface area contributed by atoms with Crippen molar-refractivity contribution >= 4 is 32.5 Å². The predicted octanol–water partition coefficient (Wildman–Crippen LogP) is 3.57. The van der Waals surface area contributed by atoms with E-state index in [0.29, 0.717) is 16.9 Å². The summed E-state index contributed by atoms with van der Waals surface area (Å²) in [5.41, 5.74) is 2.25. The number of aromatic nitrogens is 1. The van der Waals surface area contributed by atoms with Crippen molar-refractivity contribution in [3.63, 3.8) is 0 Å². The maximum atomic E-state index is 12.6. The number of sulfonamides is 1. The molecule has 0 unspecified atom stereocenters. The molecule has 1 amide bonds.